The Kier molecular flexibility index (Phi) is 6.68. The van der Waals surface area contributed by atoms with Gasteiger partial charge in [-0.3, -0.25) is 4.79 Å². The molecule has 0 bridgehead atoms. The lowest BCUT2D eigenvalue weighted by atomic mass is 10.2. The lowest BCUT2D eigenvalue weighted by Gasteiger charge is -2.20. The van der Waals surface area contributed by atoms with Crippen LogP contribution in [0.4, 0.5) is 0 Å². The molecule has 1 N–H and O–H groups in total. The topological polar surface area (TPSA) is 49.8 Å². The standard InChI is InChI=1S/C15H21NO3/c1-3-8-16(9-10-17)15(18)12-19-14-7-5-6-13(4-2)11-14/h3,5-7,11,17H,1,4,8-10,12H2,2H3. The first-order valence-electron chi connectivity index (χ1n) is 6.42. The summed E-state index contributed by atoms with van der Waals surface area (Å²) >= 11 is 0. The van der Waals surface area contributed by atoms with E-state index in [1.54, 1.807) is 6.08 Å². The molecule has 1 aromatic carbocycles. The summed E-state index contributed by atoms with van der Waals surface area (Å²) < 4.78 is 5.48. The zero-order chi connectivity index (χ0) is 14.1. The Balaban J connectivity index is 2.53. The number of amides is 1. The highest BCUT2D eigenvalue weighted by atomic mass is 16.5. The Bertz CT molecular complexity index is 418. The van der Waals surface area contributed by atoms with Gasteiger partial charge in [-0.2, -0.15) is 0 Å². The summed E-state index contributed by atoms with van der Waals surface area (Å²) in [4.78, 5) is 13.4. The molecule has 0 fully saturated rings. The van der Waals surface area contributed by atoms with E-state index in [0.717, 1.165) is 6.42 Å². The van der Waals surface area contributed by atoms with Crippen molar-refractivity contribution in [3.05, 3.63) is 42.5 Å². The van der Waals surface area contributed by atoms with Gasteiger partial charge in [-0.1, -0.05) is 25.1 Å². The monoisotopic (exact) mass is 263 g/mol. The Labute approximate surface area is 114 Å². The van der Waals surface area contributed by atoms with E-state index in [2.05, 4.69) is 13.5 Å². The van der Waals surface area contributed by atoms with Crippen molar-refractivity contribution >= 4 is 5.91 Å². The molecule has 0 unspecified atom stereocenters. The van der Waals surface area contributed by atoms with Crippen LogP contribution < -0.4 is 4.74 Å². The molecule has 4 nitrogen and oxygen atoms in total. The lowest BCUT2D eigenvalue weighted by molar-refractivity contribution is -0.133. The molecule has 0 heterocycles. The van der Waals surface area contributed by atoms with Gasteiger partial charge in [0, 0.05) is 13.1 Å². The van der Waals surface area contributed by atoms with Crippen molar-refractivity contribution in [2.24, 2.45) is 0 Å². The predicted molar refractivity (Wildman–Crippen MR) is 75.2 cm³/mol. The number of aliphatic hydroxyl groups is 1. The van der Waals surface area contributed by atoms with Gasteiger partial charge < -0.3 is 14.7 Å². The van der Waals surface area contributed by atoms with Crippen LogP contribution in [0.15, 0.2) is 36.9 Å². The van der Waals surface area contributed by atoms with Crippen molar-refractivity contribution in [3.63, 3.8) is 0 Å². The molecule has 0 saturated heterocycles. The Hall–Kier alpha value is -1.81. The maximum Gasteiger partial charge on any atom is 0.260 e. The third kappa shape index (κ3) is 5.14. The minimum atomic E-state index is -0.157. The second-order valence-electron chi connectivity index (χ2n) is 4.14. The fraction of sp³-hybridized carbons (Fsp3) is 0.400. The zero-order valence-corrected chi connectivity index (χ0v) is 11.3. The average molecular weight is 263 g/mol. The highest BCUT2D eigenvalue weighted by Crippen LogP contribution is 2.13. The molecule has 1 amide bonds. The van der Waals surface area contributed by atoms with Crippen LogP contribution in [0.2, 0.25) is 0 Å². The normalized spacial score (nSPS) is 10.0. The smallest absolute Gasteiger partial charge is 0.260 e. The molecule has 1 rings (SSSR count). The van der Waals surface area contributed by atoms with E-state index in [9.17, 15) is 4.79 Å². The molecule has 0 aliphatic heterocycles. The minimum absolute atomic E-state index is 0.0268. The molecular formula is C15H21NO3. The zero-order valence-electron chi connectivity index (χ0n) is 11.3. The summed E-state index contributed by atoms with van der Waals surface area (Å²) in [6.45, 7) is 6.27. The molecule has 0 saturated carbocycles. The number of hydrogen-bond acceptors (Lipinski definition) is 3. The SMILES string of the molecule is C=CCN(CCO)C(=O)COc1cccc(CC)c1. The number of aryl methyl sites for hydroxylation is 1. The fourth-order valence-electron chi connectivity index (χ4n) is 1.69. The van der Waals surface area contributed by atoms with E-state index in [1.807, 2.05) is 24.3 Å². The largest absolute Gasteiger partial charge is 0.484 e. The summed E-state index contributed by atoms with van der Waals surface area (Å²) in [5.41, 5.74) is 1.17. The summed E-state index contributed by atoms with van der Waals surface area (Å²) in [5, 5.41) is 8.90. The molecule has 4 heteroatoms. The molecule has 0 aliphatic rings. The van der Waals surface area contributed by atoms with E-state index in [4.69, 9.17) is 9.84 Å². The fourth-order valence-corrected chi connectivity index (χ4v) is 1.69. The summed E-state index contributed by atoms with van der Waals surface area (Å²) in [6.07, 6.45) is 2.56. The van der Waals surface area contributed by atoms with Crippen molar-refractivity contribution in [3.8, 4) is 5.75 Å². The van der Waals surface area contributed by atoms with Gasteiger partial charge >= 0.3 is 0 Å². The quantitative estimate of drug-likeness (QED) is 0.725. The van der Waals surface area contributed by atoms with Crippen LogP contribution in [0.3, 0.4) is 0 Å². The average Bonchev–Trinajstić information content (AvgIpc) is 2.44. The number of aliphatic hydroxyl groups excluding tert-OH is 1. The van der Waals surface area contributed by atoms with Gasteiger partial charge in [-0.05, 0) is 24.1 Å². The van der Waals surface area contributed by atoms with E-state index in [-0.39, 0.29) is 19.1 Å². The second kappa shape index (κ2) is 8.32. The van der Waals surface area contributed by atoms with Crippen LogP contribution in [0.1, 0.15) is 12.5 Å². The van der Waals surface area contributed by atoms with Crippen LogP contribution in [0.25, 0.3) is 0 Å². The van der Waals surface area contributed by atoms with Crippen LogP contribution in [0, 0.1) is 0 Å². The summed E-state index contributed by atoms with van der Waals surface area (Å²) in [5.74, 6) is 0.533. The molecule has 104 valence electrons. The van der Waals surface area contributed by atoms with E-state index >= 15 is 0 Å². The third-order valence-electron chi connectivity index (χ3n) is 2.74. The molecular weight excluding hydrogens is 242 g/mol. The maximum atomic E-state index is 11.9. The molecule has 0 spiro atoms. The number of benzene rings is 1. The highest BCUT2D eigenvalue weighted by molar-refractivity contribution is 5.77. The van der Waals surface area contributed by atoms with Crippen molar-refractivity contribution in [1.82, 2.24) is 4.90 Å². The van der Waals surface area contributed by atoms with Crippen LogP contribution in [-0.4, -0.2) is 42.2 Å². The van der Waals surface area contributed by atoms with Gasteiger partial charge in [0.1, 0.15) is 5.75 Å². The van der Waals surface area contributed by atoms with Crippen molar-refractivity contribution in [2.45, 2.75) is 13.3 Å². The van der Waals surface area contributed by atoms with Crippen LogP contribution in [0.5, 0.6) is 5.75 Å². The molecule has 0 aromatic heterocycles. The van der Waals surface area contributed by atoms with Crippen LogP contribution in [-0.2, 0) is 11.2 Å². The maximum absolute atomic E-state index is 11.9. The van der Waals surface area contributed by atoms with E-state index < -0.39 is 0 Å². The van der Waals surface area contributed by atoms with E-state index in [0.29, 0.717) is 18.8 Å². The molecule has 0 atom stereocenters. The summed E-state index contributed by atoms with van der Waals surface area (Å²) in [7, 11) is 0. The number of nitrogens with zero attached hydrogens (tertiary/aromatic N) is 1. The number of ether oxygens (including phenoxy) is 1. The van der Waals surface area contributed by atoms with Gasteiger partial charge in [0.2, 0.25) is 0 Å². The Morgan fingerprint density at radius 3 is 2.95 bits per heavy atom. The lowest BCUT2D eigenvalue weighted by Crippen LogP contribution is -2.37. The first kappa shape index (κ1) is 15.2. The predicted octanol–water partition coefficient (Wildman–Crippen LogP) is 1.63. The van der Waals surface area contributed by atoms with Gasteiger partial charge in [0.05, 0.1) is 6.61 Å². The number of carbonyl (C=O) groups is 1. The molecule has 1 aromatic rings. The van der Waals surface area contributed by atoms with Gasteiger partial charge in [-0.15, -0.1) is 6.58 Å². The Morgan fingerprint density at radius 1 is 1.53 bits per heavy atom. The van der Waals surface area contributed by atoms with Gasteiger partial charge in [0.25, 0.3) is 5.91 Å². The van der Waals surface area contributed by atoms with Crippen molar-refractivity contribution in [1.29, 1.82) is 0 Å². The van der Waals surface area contributed by atoms with Gasteiger partial charge in [-0.25, -0.2) is 0 Å². The van der Waals surface area contributed by atoms with Crippen molar-refractivity contribution < 1.29 is 14.6 Å². The Morgan fingerprint density at radius 2 is 2.32 bits per heavy atom. The first-order valence-corrected chi connectivity index (χ1v) is 6.42. The number of hydrogen-bond donors (Lipinski definition) is 1. The van der Waals surface area contributed by atoms with Gasteiger partial charge in [0.15, 0.2) is 6.61 Å². The van der Waals surface area contributed by atoms with Crippen molar-refractivity contribution in [2.75, 3.05) is 26.3 Å². The van der Waals surface area contributed by atoms with E-state index in [1.165, 1.54) is 10.5 Å². The third-order valence-corrected chi connectivity index (χ3v) is 2.74. The molecule has 0 aliphatic carbocycles. The summed E-state index contributed by atoms with van der Waals surface area (Å²) in [6, 6.07) is 7.69. The molecule has 19 heavy (non-hydrogen) atoms. The first-order chi connectivity index (χ1) is 9.21. The minimum Gasteiger partial charge on any atom is -0.484 e. The second-order valence-corrected chi connectivity index (χ2v) is 4.14. The molecule has 0 radical (unpaired) electrons. The number of rotatable bonds is 8. The highest BCUT2D eigenvalue weighted by Gasteiger charge is 2.12. The number of carbonyl (C=O) groups excluding carboxylic acids is 1. The van der Waals surface area contributed by atoms with Crippen LogP contribution >= 0.6 is 0 Å².